The molecule has 2 aromatic carbocycles. The average Bonchev–Trinajstić information content (AvgIpc) is 4.12. The molecule has 0 saturated carbocycles. The van der Waals surface area contributed by atoms with Gasteiger partial charge in [0.25, 0.3) is 0 Å². The fraction of sp³-hybridized carbons (Fsp3) is 0.667. The summed E-state index contributed by atoms with van der Waals surface area (Å²) in [6.07, 6.45) is -11.5. The number of aliphatic imine (C=N–C) groups is 3. The minimum Gasteiger partial charge on any atom is -0.388 e. The number of hydrogen-bond donors (Lipinski definition) is 6. The Hall–Kier alpha value is -1.82. The number of ether oxygens (including phenoxy) is 5. The summed E-state index contributed by atoms with van der Waals surface area (Å²) in [5.74, 6) is -0.0812. The molecular formula is C45H65BCl3F3N6O11S3. The number of halogens is 6. The Kier molecular flexibility index (Phi) is 24.6. The number of thioether (sulfide) groups is 3. The molecule has 17 nitrogen and oxygen atoms in total. The second-order valence-electron chi connectivity index (χ2n) is 17.9. The summed E-state index contributed by atoms with van der Waals surface area (Å²) in [4.78, 5) is 18.2. The van der Waals surface area contributed by atoms with Crippen LogP contribution in [0.15, 0.2) is 75.6 Å². The van der Waals surface area contributed by atoms with Gasteiger partial charge in [-0.3, -0.25) is 15.0 Å². The van der Waals surface area contributed by atoms with Crippen LogP contribution in [0, 0.1) is 5.92 Å². The quantitative estimate of drug-likeness (QED) is 0.167. The van der Waals surface area contributed by atoms with E-state index in [9.17, 15) is 43.8 Å². The van der Waals surface area contributed by atoms with E-state index >= 15 is 0 Å². The van der Waals surface area contributed by atoms with Crippen molar-refractivity contribution in [2.75, 3.05) is 62.3 Å². The summed E-state index contributed by atoms with van der Waals surface area (Å²) < 4.78 is 68.8. The third-order valence-electron chi connectivity index (χ3n) is 11.9. The van der Waals surface area contributed by atoms with Crippen molar-refractivity contribution in [3.63, 3.8) is 0 Å². The SMILES string of the molecule is CN(C)C1=N[C@@H]2[C@@H](O)[C@H](O)[C@@H]([C@@H](O)CF)O[C@@H]2S1.CN(C)C1=N[C@@H]2[C@@H](O)[C@H](O)[C@@H]([C@H](O)CF)O[C@@H]2S1.C[C@H]1[C@H](OCc2ccccc2)[C@H]2N=C(N(C)C)S[C@H]2O[C@@H]1C(CF)OCc1ccccc1.ClB(Cl)Cl. The van der Waals surface area contributed by atoms with Crippen LogP contribution in [0.25, 0.3) is 0 Å². The molecule has 6 heterocycles. The van der Waals surface area contributed by atoms with Gasteiger partial charge < -0.3 is 69.0 Å². The third kappa shape index (κ3) is 16.1. The van der Waals surface area contributed by atoms with Crippen molar-refractivity contribution in [1.29, 1.82) is 0 Å². The molecule has 6 N–H and O–H groups in total. The van der Waals surface area contributed by atoms with E-state index in [1.807, 2.05) is 79.7 Å². The van der Waals surface area contributed by atoms with E-state index in [2.05, 4.69) is 16.9 Å². The fourth-order valence-corrected chi connectivity index (χ4v) is 11.6. The molecule has 6 aliphatic rings. The average molecular weight is 1140 g/mol. The van der Waals surface area contributed by atoms with Crippen LogP contribution in [0.1, 0.15) is 18.1 Å². The maximum absolute atomic E-state index is 14.2. The van der Waals surface area contributed by atoms with Gasteiger partial charge >= 0.3 is 4.96 Å². The maximum Gasteiger partial charge on any atom is 0.450 e. The summed E-state index contributed by atoms with van der Waals surface area (Å²) in [7, 11) is 11.2. The van der Waals surface area contributed by atoms with Gasteiger partial charge in [-0.25, -0.2) is 13.2 Å². The first-order valence-electron chi connectivity index (χ1n) is 22.9. The molecule has 2 aromatic rings. The van der Waals surface area contributed by atoms with Gasteiger partial charge in [0.2, 0.25) is 0 Å². The van der Waals surface area contributed by atoms with Gasteiger partial charge in [-0.05, 0) is 11.1 Å². The predicted molar refractivity (Wildman–Crippen MR) is 280 cm³/mol. The highest BCUT2D eigenvalue weighted by atomic mass is 35.6. The van der Waals surface area contributed by atoms with Gasteiger partial charge in [0.15, 0.2) is 15.5 Å². The molecule has 3 fully saturated rings. The molecular weight excluding hydrogens is 1070 g/mol. The highest BCUT2D eigenvalue weighted by Gasteiger charge is 2.53. The number of amidine groups is 3. The zero-order valence-corrected chi connectivity index (χ0v) is 45.4. The van der Waals surface area contributed by atoms with E-state index in [1.165, 1.54) is 23.5 Å². The first-order valence-corrected chi connectivity index (χ1v) is 26.9. The van der Waals surface area contributed by atoms with Crippen LogP contribution in [0.2, 0.25) is 0 Å². The van der Waals surface area contributed by atoms with Crippen molar-refractivity contribution in [2.24, 2.45) is 20.9 Å². The lowest BCUT2D eigenvalue weighted by Crippen LogP contribution is -2.58. The van der Waals surface area contributed by atoms with Gasteiger partial charge in [-0.15, -0.1) is 0 Å². The van der Waals surface area contributed by atoms with E-state index < -0.39 is 109 Å². The molecule has 27 heteroatoms. The minimum atomic E-state index is -1.44. The van der Waals surface area contributed by atoms with Gasteiger partial charge in [-0.1, -0.05) is 103 Å². The summed E-state index contributed by atoms with van der Waals surface area (Å²) in [5.41, 5.74) is 0.879. The van der Waals surface area contributed by atoms with Gasteiger partial charge in [0, 0.05) is 48.2 Å². The van der Waals surface area contributed by atoms with Crippen molar-refractivity contribution >= 4 is 90.1 Å². The molecule has 0 bridgehead atoms. The zero-order chi connectivity index (χ0) is 53.0. The zero-order valence-electron chi connectivity index (χ0n) is 40.7. The Balaban J connectivity index is 0.000000206. The standard InChI is InChI=1S/C25H31FN2O3S.2C10H17FN2O4S.BCl3/c1-17-22(20(14-26)29-15-18-10-6-4-7-11-18)31-24-21(27-25(32-24)28(2)3)23(17)30-16-19-12-8-5-9-13-19;2*1-13(2)10-12-5-6(15)7(16)8(4(14)3-11)17-9(5)18-10;2-1(3)4/h4-13,17,20-24H,14-16H2,1-3H3;2*4-9,14-16H,3H2,1-2H3;/t17-,20?,21-,22+,23+,24-;4-,5+,6+,7-,8+,9+;4-,5-,6-,7+,8-,9-;/m101./s1. The van der Waals surface area contributed by atoms with Crippen LogP contribution in [-0.4, -0.2) is 230 Å². The monoisotopic (exact) mass is 1130 g/mol. The van der Waals surface area contributed by atoms with Crippen molar-refractivity contribution in [3.05, 3.63) is 71.8 Å². The summed E-state index contributed by atoms with van der Waals surface area (Å²) >= 11 is 18.6. The van der Waals surface area contributed by atoms with Gasteiger partial charge in [0.05, 0.1) is 25.4 Å². The maximum atomic E-state index is 14.2. The van der Waals surface area contributed by atoms with E-state index in [0.29, 0.717) is 23.5 Å². The molecule has 18 atom stereocenters. The molecule has 404 valence electrons. The topological polar surface area (TPSA) is 214 Å². The van der Waals surface area contributed by atoms with Crippen molar-refractivity contribution in [3.8, 4) is 0 Å². The van der Waals surface area contributed by atoms with Crippen molar-refractivity contribution in [1.82, 2.24) is 14.7 Å². The number of hydrogen-bond acceptors (Lipinski definition) is 20. The highest BCUT2D eigenvalue weighted by molar-refractivity contribution is 8.15. The molecule has 1 unspecified atom stereocenters. The van der Waals surface area contributed by atoms with E-state index in [-0.39, 0.29) is 23.5 Å². The Bertz CT molecular complexity index is 1980. The number of benzene rings is 2. The lowest BCUT2D eigenvalue weighted by atomic mass is 9.87. The predicted octanol–water partition coefficient (Wildman–Crippen LogP) is 3.80. The lowest BCUT2D eigenvalue weighted by molar-refractivity contribution is -0.186. The molecule has 3 saturated heterocycles. The number of fused-ring (bicyclic) bond motifs is 3. The second kappa shape index (κ2) is 29.1. The van der Waals surface area contributed by atoms with Crippen LogP contribution < -0.4 is 0 Å². The molecule has 0 spiro atoms. The number of nitrogens with zero attached hydrogens (tertiary/aromatic N) is 6. The summed E-state index contributed by atoms with van der Waals surface area (Å²) in [6, 6.07) is 18.6. The molecule has 8 rings (SSSR count). The lowest BCUT2D eigenvalue weighted by Gasteiger charge is -2.43. The largest absolute Gasteiger partial charge is 0.450 e. The van der Waals surface area contributed by atoms with Crippen LogP contribution >= 0.6 is 69.7 Å². The number of aliphatic hydroxyl groups excluding tert-OH is 6. The number of aliphatic hydroxyl groups is 6. The molecule has 6 aliphatic heterocycles. The van der Waals surface area contributed by atoms with Crippen LogP contribution in [0.3, 0.4) is 0 Å². The Labute approximate surface area is 446 Å². The number of alkyl halides is 3. The highest BCUT2D eigenvalue weighted by Crippen LogP contribution is 2.43. The van der Waals surface area contributed by atoms with Crippen molar-refractivity contribution < 1.29 is 67.5 Å². The second-order valence-corrected chi connectivity index (χ2v) is 23.1. The van der Waals surface area contributed by atoms with E-state index in [4.69, 9.17) is 63.1 Å². The molecule has 0 aromatic heterocycles. The molecule has 0 radical (unpaired) electrons. The Morgan fingerprint density at radius 3 is 1.32 bits per heavy atom. The van der Waals surface area contributed by atoms with E-state index in [0.717, 1.165) is 16.3 Å². The minimum absolute atomic E-state index is 0.0812. The third-order valence-corrected chi connectivity index (χ3v) is 15.8. The molecule has 0 aliphatic carbocycles. The Morgan fingerprint density at radius 1 is 0.583 bits per heavy atom. The van der Waals surface area contributed by atoms with Crippen LogP contribution in [0.5, 0.6) is 0 Å². The van der Waals surface area contributed by atoms with Gasteiger partial charge in [0.1, 0.15) is 109 Å². The summed E-state index contributed by atoms with van der Waals surface area (Å²) in [5, 5.41) is 60.7. The fourth-order valence-electron chi connectivity index (χ4n) is 8.17. The first-order chi connectivity index (χ1) is 34.2. The first kappa shape index (κ1) is 61.0. The van der Waals surface area contributed by atoms with Gasteiger partial charge in [-0.2, -0.15) is 34.4 Å². The number of rotatable bonds is 12. The Morgan fingerprint density at radius 2 is 0.944 bits per heavy atom. The van der Waals surface area contributed by atoms with E-state index in [1.54, 1.807) is 49.8 Å². The van der Waals surface area contributed by atoms with Crippen LogP contribution in [0.4, 0.5) is 13.2 Å². The smallest absolute Gasteiger partial charge is 0.388 e. The van der Waals surface area contributed by atoms with Crippen molar-refractivity contribution in [2.45, 2.75) is 122 Å². The molecule has 72 heavy (non-hydrogen) atoms. The normalized spacial score (nSPS) is 33.5. The van der Waals surface area contributed by atoms with Crippen LogP contribution in [-0.2, 0) is 36.9 Å². The molecule has 0 amide bonds. The summed E-state index contributed by atoms with van der Waals surface area (Å²) in [6.45, 7) is 0.206.